The summed E-state index contributed by atoms with van der Waals surface area (Å²) >= 11 is 12.6. The van der Waals surface area contributed by atoms with Gasteiger partial charge in [0.05, 0.1) is 9.95 Å². The summed E-state index contributed by atoms with van der Waals surface area (Å²) in [6.45, 7) is 2.22. The Hall–Kier alpha value is -0.800. The Balaban J connectivity index is 2.10. The molecule has 0 saturated heterocycles. The van der Waals surface area contributed by atoms with Crippen LogP contribution >= 0.6 is 23.2 Å². The van der Waals surface area contributed by atoms with Crippen molar-refractivity contribution in [3.05, 3.63) is 38.9 Å². The number of benzene rings is 1. The van der Waals surface area contributed by atoms with Gasteiger partial charge < -0.3 is 0 Å². The topological polar surface area (TPSA) is 43.1 Å². The normalized spacial score (nSPS) is 26.4. The van der Waals surface area contributed by atoms with Crippen molar-refractivity contribution in [3.63, 3.8) is 0 Å². The van der Waals surface area contributed by atoms with Gasteiger partial charge in [-0.05, 0) is 43.1 Å². The fraction of sp³-hybridized carbons (Fsp3) is 0.600. The van der Waals surface area contributed by atoms with E-state index in [0.29, 0.717) is 10.9 Å². The Bertz CT molecular complexity index is 493. The van der Waals surface area contributed by atoms with Gasteiger partial charge >= 0.3 is 0 Å². The Morgan fingerprint density at radius 2 is 2.15 bits per heavy atom. The van der Waals surface area contributed by atoms with E-state index < -0.39 is 4.92 Å². The van der Waals surface area contributed by atoms with Crippen LogP contribution < -0.4 is 0 Å². The SMILES string of the molecule is CCC1CCC(Cl)C(Cc2ccc([N+](=O)[O-])cc2Cl)C1. The lowest BCUT2D eigenvalue weighted by molar-refractivity contribution is -0.384. The van der Waals surface area contributed by atoms with E-state index in [-0.39, 0.29) is 11.1 Å². The highest BCUT2D eigenvalue weighted by Gasteiger charge is 2.29. The fourth-order valence-electron chi connectivity index (χ4n) is 3.00. The van der Waals surface area contributed by atoms with Crippen molar-refractivity contribution in [1.29, 1.82) is 0 Å². The van der Waals surface area contributed by atoms with Gasteiger partial charge in [-0.2, -0.15) is 0 Å². The highest BCUT2D eigenvalue weighted by atomic mass is 35.5. The first kappa shape index (κ1) is 15.6. The zero-order valence-corrected chi connectivity index (χ0v) is 13.0. The highest BCUT2D eigenvalue weighted by molar-refractivity contribution is 6.31. The number of nitro benzene ring substituents is 1. The summed E-state index contributed by atoms with van der Waals surface area (Å²) in [5.41, 5.74) is 1.00. The van der Waals surface area contributed by atoms with Crippen LogP contribution in [-0.2, 0) is 6.42 Å². The van der Waals surface area contributed by atoms with Crippen molar-refractivity contribution in [3.8, 4) is 0 Å². The third kappa shape index (κ3) is 3.64. The second-order valence-electron chi connectivity index (χ2n) is 5.60. The quantitative estimate of drug-likeness (QED) is 0.434. The molecule has 1 fully saturated rings. The minimum atomic E-state index is -0.423. The molecule has 1 aliphatic rings. The molecule has 0 spiro atoms. The maximum Gasteiger partial charge on any atom is 0.270 e. The second-order valence-corrected chi connectivity index (χ2v) is 6.57. The summed E-state index contributed by atoms with van der Waals surface area (Å²) in [5.74, 6) is 1.15. The average Bonchev–Trinajstić information content (AvgIpc) is 2.43. The van der Waals surface area contributed by atoms with E-state index in [0.717, 1.165) is 30.7 Å². The molecule has 110 valence electrons. The summed E-state index contributed by atoms with van der Waals surface area (Å²) in [6.07, 6.45) is 5.37. The van der Waals surface area contributed by atoms with Gasteiger partial charge in [-0.1, -0.05) is 31.0 Å². The number of alkyl halides is 1. The molecule has 2 rings (SSSR count). The minimum Gasteiger partial charge on any atom is -0.258 e. The van der Waals surface area contributed by atoms with Gasteiger partial charge in [0, 0.05) is 17.5 Å². The van der Waals surface area contributed by atoms with Crippen molar-refractivity contribution >= 4 is 28.9 Å². The third-order valence-corrected chi connectivity index (χ3v) is 5.23. The van der Waals surface area contributed by atoms with Crippen molar-refractivity contribution in [2.24, 2.45) is 11.8 Å². The molecule has 0 heterocycles. The van der Waals surface area contributed by atoms with Crippen LogP contribution in [0.25, 0.3) is 0 Å². The summed E-state index contributed by atoms with van der Waals surface area (Å²) in [4.78, 5) is 10.3. The van der Waals surface area contributed by atoms with Gasteiger partial charge in [0.2, 0.25) is 0 Å². The molecule has 3 unspecified atom stereocenters. The Morgan fingerprint density at radius 1 is 1.40 bits per heavy atom. The molecular weight excluding hydrogens is 297 g/mol. The standard InChI is InChI=1S/C15H19Cl2NO2/c1-2-10-3-6-14(16)12(7-10)8-11-4-5-13(18(19)20)9-15(11)17/h4-5,9-10,12,14H,2-3,6-8H2,1H3. The number of rotatable bonds is 4. The van der Waals surface area contributed by atoms with Crippen LogP contribution in [0.5, 0.6) is 0 Å². The van der Waals surface area contributed by atoms with E-state index in [1.165, 1.54) is 25.0 Å². The first-order valence-electron chi connectivity index (χ1n) is 7.08. The first-order chi connectivity index (χ1) is 9.51. The molecule has 0 radical (unpaired) electrons. The monoisotopic (exact) mass is 315 g/mol. The van der Waals surface area contributed by atoms with Crippen LogP contribution in [-0.4, -0.2) is 10.3 Å². The molecule has 0 bridgehead atoms. The molecule has 1 aromatic carbocycles. The molecular formula is C15H19Cl2NO2. The lowest BCUT2D eigenvalue weighted by Crippen LogP contribution is -2.27. The lowest BCUT2D eigenvalue weighted by atomic mass is 9.77. The summed E-state index contributed by atoms with van der Waals surface area (Å²) in [7, 11) is 0. The van der Waals surface area contributed by atoms with Gasteiger partial charge in [0.1, 0.15) is 0 Å². The molecule has 1 aliphatic carbocycles. The predicted octanol–water partition coefficient (Wildman–Crippen LogP) is 5.22. The molecule has 3 atom stereocenters. The fourth-order valence-corrected chi connectivity index (χ4v) is 3.57. The second kappa shape index (κ2) is 6.77. The molecule has 5 heteroatoms. The number of nitro groups is 1. The highest BCUT2D eigenvalue weighted by Crippen LogP contribution is 2.37. The maximum atomic E-state index is 10.7. The van der Waals surface area contributed by atoms with Gasteiger partial charge in [-0.25, -0.2) is 0 Å². The van der Waals surface area contributed by atoms with E-state index in [2.05, 4.69) is 6.92 Å². The van der Waals surface area contributed by atoms with E-state index >= 15 is 0 Å². The number of nitrogens with zero attached hydrogens (tertiary/aromatic N) is 1. The van der Waals surface area contributed by atoms with Gasteiger partial charge in [-0.3, -0.25) is 10.1 Å². The van der Waals surface area contributed by atoms with Crippen LogP contribution in [0.4, 0.5) is 5.69 Å². The Kier molecular flexibility index (Phi) is 5.28. The Labute approximate surface area is 129 Å². The molecule has 3 nitrogen and oxygen atoms in total. The smallest absolute Gasteiger partial charge is 0.258 e. The molecule has 20 heavy (non-hydrogen) atoms. The first-order valence-corrected chi connectivity index (χ1v) is 7.89. The van der Waals surface area contributed by atoms with Gasteiger partial charge in [0.15, 0.2) is 0 Å². The average molecular weight is 316 g/mol. The van der Waals surface area contributed by atoms with Gasteiger partial charge in [0.25, 0.3) is 5.69 Å². The summed E-state index contributed by atoms with van der Waals surface area (Å²) in [5, 5.41) is 11.4. The largest absolute Gasteiger partial charge is 0.270 e. The van der Waals surface area contributed by atoms with Crippen molar-refractivity contribution in [2.75, 3.05) is 0 Å². The summed E-state index contributed by atoms with van der Waals surface area (Å²) < 4.78 is 0. The lowest BCUT2D eigenvalue weighted by Gasteiger charge is -2.32. The maximum absolute atomic E-state index is 10.7. The number of non-ortho nitro benzene ring substituents is 1. The Morgan fingerprint density at radius 3 is 2.75 bits per heavy atom. The zero-order valence-electron chi connectivity index (χ0n) is 11.5. The van der Waals surface area contributed by atoms with Crippen LogP contribution in [0.1, 0.15) is 38.2 Å². The van der Waals surface area contributed by atoms with E-state index in [1.807, 2.05) is 0 Å². The van der Waals surface area contributed by atoms with Gasteiger partial charge in [-0.15, -0.1) is 11.6 Å². The van der Waals surface area contributed by atoms with Crippen LogP contribution in [0.3, 0.4) is 0 Å². The van der Waals surface area contributed by atoms with Crippen LogP contribution in [0, 0.1) is 22.0 Å². The van der Waals surface area contributed by atoms with Crippen molar-refractivity contribution < 1.29 is 4.92 Å². The molecule has 0 N–H and O–H groups in total. The third-order valence-electron chi connectivity index (χ3n) is 4.31. The molecule has 0 amide bonds. The number of hydrogen-bond acceptors (Lipinski definition) is 2. The van der Waals surface area contributed by atoms with Crippen molar-refractivity contribution in [2.45, 2.75) is 44.4 Å². The number of hydrogen-bond donors (Lipinski definition) is 0. The summed E-state index contributed by atoms with van der Waals surface area (Å²) in [6, 6.07) is 4.71. The van der Waals surface area contributed by atoms with Crippen LogP contribution in [0.15, 0.2) is 18.2 Å². The molecule has 1 aromatic rings. The zero-order chi connectivity index (χ0) is 14.7. The van der Waals surface area contributed by atoms with Crippen LogP contribution in [0.2, 0.25) is 5.02 Å². The molecule has 0 aromatic heterocycles. The molecule has 1 saturated carbocycles. The van der Waals surface area contributed by atoms with E-state index in [1.54, 1.807) is 6.07 Å². The van der Waals surface area contributed by atoms with Crippen molar-refractivity contribution in [1.82, 2.24) is 0 Å². The molecule has 0 aliphatic heterocycles. The predicted molar refractivity (Wildman–Crippen MR) is 82.6 cm³/mol. The van der Waals surface area contributed by atoms with E-state index in [4.69, 9.17) is 23.2 Å². The van der Waals surface area contributed by atoms with E-state index in [9.17, 15) is 10.1 Å². The minimum absolute atomic E-state index is 0.0382. The number of halogens is 2.